The molecule has 8 heteroatoms. The average Bonchev–Trinajstić information content (AvgIpc) is 3.72. The van der Waals surface area contributed by atoms with E-state index >= 15 is 0 Å². The van der Waals surface area contributed by atoms with Crippen LogP contribution >= 0.6 is 0 Å². The largest absolute Gasteiger partial charge is 0.497 e. The molecular formula is C28H30N6O2. The normalized spacial score (nSPS) is 16.3. The first-order valence-corrected chi connectivity index (χ1v) is 12.6. The summed E-state index contributed by atoms with van der Waals surface area (Å²) in [5, 5.41) is 5.66. The number of hydrogen-bond donors (Lipinski definition) is 0. The molecule has 1 aliphatic carbocycles. The van der Waals surface area contributed by atoms with Gasteiger partial charge >= 0.3 is 0 Å². The average molecular weight is 483 g/mol. The highest BCUT2D eigenvalue weighted by Gasteiger charge is 2.30. The summed E-state index contributed by atoms with van der Waals surface area (Å²) in [7, 11) is 1.62. The molecule has 2 aliphatic rings. The molecule has 2 aromatic heterocycles. The number of ether oxygens (including phenoxy) is 1. The number of methoxy groups -OCH3 is 1. The quantitative estimate of drug-likeness (QED) is 0.421. The number of amides is 1. The van der Waals surface area contributed by atoms with Crippen molar-refractivity contribution in [3.05, 3.63) is 71.7 Å². The molecule has 4 aromatic rings. The molecule has 8 nitrogen and oxygen atoms in total. The number of fused-ring (bicyclic) bond motifs is 1. The van der Waals surface area contributed by atoms with E-state index < -0.39 is 0 Å². The molecule has 36 heavy (non-hydrogen) atoms. The van der Waals surface area contributed by atoms with Gasteiger partial charge in [-0.2, -0.15) is 5.10 Å². The lowest BCUT2D eigenvalue weighted by Gasteiger charge is -2.24. The predicted octanol–water partition coefficient (Wildman–Crippen LogP) is 4.36. The van der Waals surface area contributed by atoms with Gasteiger partial charge in [-0.25, -0.2) is 14.6 Å². The van der Waals surface area contributed by atoms with Gasteiger partial charge in [-0.3, -0.25) is 4.79 Å². The second-order valence-electron chi connectivity index (χ2n) is 9.67. The summed E-state index contributed by atoms with van der Waals surface area (Å²) in [4.78, 5) is 27.5. The van der Waals surface area contributed by atoms with Gasteiger partial charge in [0.2, 0.25) is 0 Å². The summed E-state index contributed by atoms with van der Waals surface area (Å²) in [5.41, 5.74) is 3.71. The lowest BCUT2D eigenvalue weighted by atomic mass is 10.2. The second kappa shape index (κ2) is 9.26. The number of carbonyl (C=O) groups is 1. The van der Waals surface area contributed by atoms with E-state index in [0.29, 0.717) is 36.9 Å². The SMILES string of the molecule is COc1cccc(C(=O)N2CCCN(c3nc(C4CC4)nc4c3cnn4-c3ccc(C)cc3)CC2)c1. The summed E-state index contributed by atoms with van der Waals surface area (Å²) >= 11 is 0. The molecule has 1 saturated heterocycles. The van der Waals surface area contributed by atoms with Gasteiger partial charge in [0.25, 0.3) is 5.91 Å². The van der Waals surface area contributed by atoms with Gasteiger partial charge in [0.15, 0.2) is 5.65 Å². The van der Waals surface area contributed by atoms with Crippen molar-refractivity contribution in [2.75, 3.05) is 38.2 Å². The fraction of sp³-hybridized carbons (Fsp3) is 0.357. The smallest absolute Gasteiger partial charge is 0.254 e. The molecule has 0 N–H and O–H groups in total. The molecule has 0 unspecified atom stereocenters. The van der Waals surface area contributed by atoms with E-state index in [-0.39, 0.29) is 5.91 Å². The molecule has 2 aromatic carbocycles. The number of nitrogens with zero attached hydrogens (tertiary/aromatic N) is 6. The number of aryl methyl sites for hydroxylation is 1. The van der Waals surface area contributed by atoms with E-state index in [9.17, 15) is 4.79 Å². The summed E-state index contributed by atoms with van der Waals surface area (Å²) in [6.07, 6.45) is 5.01. The number of rotatable bonds is 5. The standard InChI is InChI=1S/C28H30N6O2/c1-19-7-11-22(12-8-19)34-27-24(18-29-34)26(30-25(31-27)20-9-10-20)32-13-4-14-33(16-15-32)28(35)21-5-3-6-23(17-21)36-2/h3,5-8,11-12,17-18,20H,4,9-10,13-16H2,1-2H3. The Kier molecular flexibility index (Phi) is 5.79. The first kappa shape index (κ1) is 22.5. The molecule has 6 rings (SSSR count). The zero-order valence-electron chi connectivity index (χ0n) is 20.7. The van der Waals surface area contributed by atoms with Crippen LogP contribution in [0.5, 0.6) is 5.75 Å². The topological polar surface area (TPSA) is 76.4 Å². The second-order valence-corrected chi connectivity index (χ2v) is 9.67. The Labute approximate surface area is 210 Å². The Morgan fingerprint density at radius 2 is 1.83 bits per heavy atom. The summed E-state index contributed by atoms with van der Waals surface area (Å²) in [6, 6.07) is 15.7. The summed E-state index contributed by atoms with van der Waals surface area (Å²) < 4.78 is 7.23. The molecule has 1 aliphatic heterocycles. The molecule has 184 valence electrons. The molecule has 2 fully saturated rings. The van der Waals surface area contributed by atoms with Gasteiger partial charge < -0.3 is 14.5 Å². The molecule has 0 spiro atoms. The lowest BCUT2D eigenvalue weighted by Crippen LogP contribution is -2.35. The number of benzene rings is 2. The third-order valence-corrected chi connectivity index (χ3v) is 7.05. The van der Waals surface area contributed by atoms with Gasteiger partial charge in [-0.05, 0) is 56.5 Å². The molecule has 0 radical (unpaired) electrons. The van der Waals surface area contributed by atoms with E-state index in [1.165, 1.54) is 5.56 Å². The van der Waals surface area contributed by atoms with Crippen molar-refractivity contribution in [3.63, 3.8) is 0 Å². The van der Waals surface area contributed by atoms with Gasteiger partial charge in [0.05, 0.1) is 24.4 Å². The van der Waals surface area contributed by atoms with Crippen molar-refractivity contribution in [3.8, 4) is 11.4 Å². The van der Waals surface area contributed by atoms with Crippen LogP contribution in [0.15, 0.2) is 54.7 Å². The monoisotopic (exact) mass is 482 g/mol. The van der Waals surface area contributed by atoms with Crippen LogP contribution < -0.4 is 9.64 Å². The van der Waals surface area contributed by atoms with Crippen LogP contribution in [0, 0.1) is 6.92 Å². The number of carbonyl (C=O) groups excluding carboxylic acids is 1. The predicted molar refractivity (Wildman–Crippen MR) is 139 cm³/mol. The zero-order valence-corrected chi connectivity index (χ0v) is 20.7. The van der Waals surface area contributed by atoms with E-state index in [4.69, 9.17) is 19.8 Å². The van der Waals surface area contributed by atoms with E-state index in [0.717, 1.165) is 54.2 Å². The van der Waals surface area contributed by atoms with Crippen LogP contribution in [-0.4, -0.2) is 63.8 Å². The highest BCUT2D eigenvalue weighted by Crippen LogP contribution is 2.40. The van der Waals surface area contributed by atoms with Crippen molar-refractivity contribution < 1.29 is 9.53 Å². The first-order valence-electron chi connectivity index (χ1n) is 12.6. The Morgan fingerprint density at radius 1 is 1.00 bits per heavy atom. The van der Waals surface area contributed by atoms with Crippen molar-refractivity contribution in [2.45, 2.75) is 32.1 Å². The van der Waals surface area contributed by atoms with E-state index in [2.05, 4.69) is 36.1 Å². The summed E-state index contributed by atoms with van der Waals surface area (Å²) in [6.45, 7) is 4.96. The molecule has 0 atom stereocenters. The van der Waals surface area contributed by atoms with E-state index in [1.807, 2.05) is 34.0 Å². The van der Waals surface area contributed by atoms with Gasteiger partial charge in [-0.1, -0.05) is 23.8 Å². The van der Waals surface area contributed by atoms with Crippen molar-refractivity contribution in [2.24, 2.45) is 0 Å². The molecule has 0 bridgehead atoms. The third-order valence-electron chi connectivity index (χ3n) is 7.05. The highest BCUT2D eigenvalue weighted by atomic mass is 16.5. The number of aromatic nitrogens is 4. The van der Waals surface area contributed by atoms with Crippen LogP contribution in [0.3, 0.4) is 0 Å². The summed E-state index contributed by atoms with van der Waals surface area (Å²) in [5.74, 6) is 2.98. The Morgan fingerprint density at radius 3 is 2.61 bits per heavy atom. The number of hydrogen-bond acceptors (Lipinski definition) is 6. The molecule has 1 amide bonds. The van der Waals surface area contributed by atoms with Crippen LogP contribution in [0.4, 0.5) is 5.82 Å². The third kappa shape index (κ3) is 4.27. The number of anilines is 1. The van der Waals surface area contributed by atoms with Crippen LogP contribution in [0.25, 0.3) is 16.7 Å². The maximum atomic E-state index is 13.2. The fourth-order valence-corrected chi connectivity index (χ4v) is 4.82. The van der Waals surface area contributed by atoms with Gasteiger partial charge in [0, 0.05) is 37.7 Å². The fourth-order valence-electron chi connectivity index (χ4n) is 4.82. The van der Waals surface area contributed by atoms with Gasteiger partial charge in [0.1, 0.15) is 17.4 Å². The minimum Gasteiger partial charge on any atom is -0.497 e. The maximum absolute atomic E-state index is 13.2. The highest BCUT2D eigenvalue weighted by molar-refractivity contribution is 5.94. The van der Waals surface area contributed by atoms with Gasteiger partial charge in [-0.15, -0.1) is 0 Å². The first-order chi connectivity index (χ1) is 17.6. The maximum Gasteiger partial charge on any atom is 0.254 e. The van der Waals surface area contributed by atoms with E-state index in [1.54, 1.807) is 13.2 Å². The minimum absolute atomic E-state index is 0.0365. The van der Waals surface area contributed by atoms with Crippen LogP contribution in [-0.2, 0) is 0 Å². The molecule has 3 heterocycles. The Hall–Kier alpha value is -3.94. The van der Waals surface area contributed by atoms with Crippen molar-refractivity contribution >= 4 is 22.8 Å². The van der Waals surface area contributed by atoms with Crippen LogP contribution in [0.1, 0.15) is 46.9 Å². The van der Waals surface area contributed by atoms with Crippen LogP contribution in [0.2, 0.25) is 0 Å². The van der Waals surface area contributed by atoms with Crippen molar-refractivity contribution in [1.29, 1.82) is 0 Å². The minimum atomic E-state index is 0.0365. The molecule has 1 saturated carbocycles. The van der Waals surface area contributed by atoms with Crippen molar-refractivity contribution in [1.82, 2.24) is 24.6 Å². The Bertz CT molecular complexity index is 1410. The Balaban J connectivity index is 1.30. The zero-order chi connectivity index (χ0) is 24.6. The molecular weight excluding hydrogens is 452 g/mol. The lowest BCUT2D eigenvalue weighted by molar-refractivity contribution is 0.0766.